The van der Waals surface area contributed by atoms with Crippen LogP contribution in [0.4, 0.5) is 0 Å². The van der Waals surface area contributed by atoms with Gasteiger partial charge in [0.05, 0.1) is 11.3 Å². The molecule has 0 saturated carbocycles. The van der Waals surface area contributed by atoms with Crippen LogP contribution in [0, 0.1) is 0 Å². The van der Waals surface area contributed by atoms with E-state index < -0.39 is 33.1 Å². The monoisotopic (exact) mass is 223 g/mol. The van der Waals surface area contributed by atoms with Crippen molar-refractivity contribution in [2.45, 2.75) is 19.4 Å². The summed E-state index contributed by atoms with van der Waals surface area (Å²) in [5.74, 6) is -2.23. The second-order valence-electron chi connectivity index (χ2n) is 3.51. The van der Waals surface area contributed by atoms with Gasteiger partial charge in [-0.15, -0.1) is 0 Å². The number of hydrogen-bond donors (Lipinski definition) is 3. The molecule has 0 spiro atoms. The molecule has 0 aromatic rings. The van der Waals surface area contributed by atoms with Crippen LogP contribution in [0.25, 0.3) is 0 Å². The molecule has 82 valence electrons. The number of hydrogen-bond acceptors (Lipinski definition) is 4. The topological polar surface area (TPSA) is 104 Å². The molecule has 0 heterocycles. The van der Waals surface area contributed by atoms with Gasteiger partial charge in [0.25, 0.3) is 16.0 Å². The Morgan fingerprint density at radius 3 is 2.21 bits per heavy atom. The van der Waals surface area contributed by atoms with Crippen LogP contribution in [0.3, 0.4) is 0 Å². The predicted octanol–water partition coefficient (Wildman–Crippen LogP) is -0.159. The summed E-state index contributed by atoms with van der Waals surface area (Å²) in [6.45, 7) is 5.75. The molecule has 0 aliphatic heterocycles. The third-order valence-electron chi connectivity index (χ3n) is 1.26. The van der Waals surface area contributed by atoms with E-state index in [4.69, 9.17) is 9.66 Å². The average Bonchev–Trinajstić information content (AvgIpc) is 1.78. The van der Waals surface area contributed by atoms with Gasteiger partial charge in [0, 0.05) is 0 Å². The highest BCUT2D eigenvalue weighted by Gasteiger charge is 2.27. The van der Waals surface area contributed by atoms with Gasteiger partial charge in [-0.1, -0.05) is 6.58 Å². The first-order valence-electron chi connectivity index (χ1n) is 3.69. The van der Waals surface area contributed by atoms with Crippen molar-refractivity contribution in [3.63, 3.8) is 0 Å². The number of carbonyl (C=O) groups is 1. The van der Waals surface area contributed by atoms with Crippen molar-refractivity contribution in [2.75, 3.05) is 5.75 Å². The van der Waals surface area contributed by atoms with Crippen molar-refractivity contribution < 1.29 is 22.9 Å². The molecule has 0 radical (unpaired) electrons. The maximum Gasteiger partial charge on any atom is 0.285 e. The Balaban J connectivity index is 4.51. The van der Waals surface area contributed by atoms with E-state index in [2.05, 4.69) is 11.9 Å². The minimum atomic E-state index is -4.18. The van der Waals surface area contributed by atoms with E-state index in [1.165, 1.54) is 13.8 Å². The maximum absolute atomic E-state index is 10.9. The van der Waals surface area contributed by atoms with Gasteiger partial charge in [-0.05, 0) is 13.8 Å². The smallest absolute Gasteiger partial charge is 0.285 e. The highest BCUT2D eigenvalue weighted by Crippen LogP contribution is 2.06. The van der Waals surface area contributed by atoms with Gasteiger partial charge >= 0.3 is 0 Å². The van der Waals surface area contributed by atoms with E-state index in [9.17, 15) is 13.2 Å². The first-order valence-corrected chi connectivity index (χ1v) is 5.30. The zero-order valence-corrected chi connectivity index (χ0v) is 8.76. The van der Waals surface area contributed by atoms with Gasteiger partial charge in [-0.25, -0.2) is 0 Å². The molecule has 0 unspecified atom stereocenters. The third kappa shape index (κ3) is 5.55. The molecule has 0 aromatic heterocycles. The lowest BCUT2D eigenvalue weighted by molar-refractivity contribution is -0.121. The van der Waals surface area contributed by atoms with Crippen molar-refractivity contribution in [2.24, 2.45) is 0 Å². The van der Waals surface area contributed by atoms with Crippen LogP contribution in [-0.2, 0) is 14.9 Å². The molecule has 7 heteroatoms. The van der Waals surface area contributed by atoms with E-state index in [-0.39, 0.29) is 0 Å². The number of aliphatic hydroxyl groups excluding tert-OH is 1. The van der Waals surface area contributed by atoms with Crippen LogP contribution in [-0.4, -0.2) is 35.3 Å². The second-order valence-corrected chi connectivity index (χ2v) is 4.96. The lowest BCUT2D eigenvalue weighted by Crippen LogP contribution is -2.48. The van der Waals surface area contributed by atoms with Gasteiger partial charge in [0.15, 0.2) is 5.76 Å². The summed E-state index contributed by atoms with van der Waals surface area (Å²) in [4.78, 5) is 10.9. The van der Waals surface area contributed by atoms with Crippen LogP contribution in [0.2, 0.25) is 0 Å². The number of aliphatic hydroxyl groups is 1. The number of nitrogens with one attached hydrogen (secondary N) is 1. The van der Waals surface area contributed by atoms with E-state index in [0.29, 0.717) is 0 Å². The zero-order chi connectivity index (χ0) is 11.6. The van der Waals surface area contributed by atoms with E-state index in [1.54, 1.807) is 0 Å². The lowest BCUT2D eigenvalue weighted by atomic mass is 10.1. The Bertz CT molecular complexity index is 343. The minimum Gasteiger partial charge on any atom is -0.503 e. The molecule has 0 atom stereocenters. The SMILES string of the molecule is C=C(O)C(=O)NC(C)(C)CS(=O)(=O)O. The Labute approximate surface area is 82.4 Å². The second kappa shape index (κ2) is 3.97. The van der Waals surface area contributed by atoms with Crippen molar-refractivity contribution in [1.29, 1.82) is 0 Å². The summed E-state index contributed by atoms with van der Waals surface area (Å²) in [6, 6.07) is 0. The summed E-state index contributed by atoms with van der Waals surface area (Å²) in [5, 5.41) is 10.8. The summed E-state index contributed by atoms with van der Waals surface area (Å²) in [5.41, 5.74) is -1.17. The standard InChI is InChI=1S/C7H13NO5S/c1-5(9)6(10)8-7(2,3)4-14(11,12)13/h9H,1,4H2,2-3H3,(H,8,10)(H,11,12,13). The first kappa shape index (κ1) is 12.9. The largest absolute Gasteiger partial charge is 0.503 e. The van der Waals surface area contributed by atoms with E-state index in [0.717, 1.165) is 0 Å². The summed E-state index contributed by atoms with van der Waals surface area (Å²) in [6.07, 6.45) is 0. The van der Waals surface area contributed by atoms with Crippen LogP contribution in [0.1, 0.15) is 13.8 Å². The van der Waals surface area contributed by atoms with Gasteiger partial charge in [0.1, 0.15) is 0 Å². The van der Waals surface area contributed by atoms with Gasteiger partial charge in [-0.3, -0.25) is 9.35 Å². The third-order valence-corrected chi connectivity index (χ3v) is 2.34. The molecule has 3 N–H and O–H groups in total. The fourth-order valence-corrected chi connectivity index (χ4v) is 1.86. The molecule has 0 aromatic carbocycles. The molecule has 0 saturated heterocycles. The fourth-order valence-electron chi connectivity index (χ4n) is 0.872. The highest BCUT2D eigenvalue weighted by molar-refractivity contribution is 7.85. The Kier molecular flexibility index (Phi) is 3.66. The summed E-state index contributed by atoms with van der Waals surface area (Å²) >= 11 is 0. The number of amides is 1. The first-order chi connectivity index (χ1) is 6.03. The van der Waals surface area contributed by atoms with Crippen molar-refractivity contribution in [3.8, 4) is 0 Å². The molecule has 0 aliphatic rings. The normalized spacial score (nSPS) is 12.2. The molecule has 1 amide bonds. The van der Waals surface area contributed by atoms with E-state index in [1.807, 2.05) is 0 Å². The van der Waals surface area contributed by atoms with Crippen LogP contribution >= 0.6 is 0 Å². The molecule has 0 fully saturated rings. The van der Waals surface area contributed by atoms with E-state index >= 15 is 0 Å². The fraction of sp³-hybridized carbons (Fsp3) is 0.571. The molecule has 0 rings (SSSR count). The Hall–Kier alpha value is -1.08. The Morgan fingerprint density at radius 2 is 1.93 bits per heavy atom. The molecule has 0 bridgehead atoms. The molecular formula is C7H13NO5S. The molecule has 6 nitrogen and oxygen atoms in total. The summed E-state index contributed by atoms with van der Waals surface area (Å²) < 4.78 is 29.6. The van der Waals surface area contributed by atoms with Crippen molar-refractivity contribution in [1.82, 2.24) is 5.32 Å². The lowest BCUT2D eigenvalue weighted by Gasteiger charge is -2.24. The van der Waals surface area contributed by atoms with Gasteiger partial charge < -0.3 is 10.4 Å². The van der Waals surface area contributed by atoms with Gasteiger partial charge in [0.2, 0.25) is 0 Å². The molecule has 14 heavy (non-hydrogen) atoms. The average molecular weight is 223 g/mol. The quantitative estimate of drug-likeness (QED) is 0.349. The number of rotatable bonds is 4. The molecule has 0 aliphatic carbocycles. The van der Waals surface area contributed by atoms with Crippen LogP contribution in [0.5, 0.6) is 0 Å². The summed E-state index contributed by atoms with van der Waals surface area (Å²) in [7, 11) is -4.18. The van der Waals surface area contributed by atoms with Crippen molar-refractivity contribution >= 4 is 16.0 Å². The minimum absolute atomic E-state index is 0.640. The number of carbonyl (C=O) groups excluding carboxylic acids is 1. The predicted molar refractivity (Wildman–Crippen MR) is 50.4 cm³/mol. The molecular weight excluding hydrogens is 210 g/mol. The van der Waals surface area contributed by atoms with Gasteiger partial charge in [-0.2, -0.15) is 8.42 Å². The maximum atomic E-state index is 10.9. The highest BCUT2D eigenvalue weighted by atomic mass is 32.2. The zero-order valence-electron chi connectivity index (χ0n) is 7.94. The van der Waals surface area contributed by atoms with Crippen molar-refractivity contribution in [3.05, 3.63) is 12.3 Å². The Morgan fingerprint density at radius 1 is 1.50 bits per heavy atom. The van der Waals surface area contributed by atoms with Crippen LogP contribution in [0.15, 0.2) is 12.3 Å². The van der Waals surface area contributed by atoms with Crippen LogP contribution < -0.4 is 5.32 Å².